The number of hydrogen-bond donors (Lipinski definition) is 0. The number of halogens is 3. The number of alkyl halides is 3. The highest BCUT2D eigenvalue weighted by Crippen LogP contribution is 2.38. The Bertz CT molecular complexity index is 776. The Morgan fingerprint density at radius 3 is 2.21 bits per heavy atom. The Kier molecular flexibility index (Phi) is 5.81. The smallest absolute Gasteiger partial charge is 0.303 e. The van der Waals surface area contributed by atoms with Crippen molar-refractivity contribution in [1.82, 2.24) is 9.80 Å². The lowest BCUT2D eigenvalue weighted by molar-refractivity contribution is -0.134. The lowest BCUT2D eigenvalue weighted by Crippen LogP contribution is -2.56. The van der Waals surface area contributed by atoms with Gasteiger partial charge >= 0.3 is 6.18 Å². The molecule has 1 atom stereocenters. The maximum Gasteiger partial charge on any atom is 0.425 e. The summed E-state index contributed by atoms with van der Waals surface area (Å²) in [5, 5.41) is 0. The molecular formula is C22H27F3N2S. The molecule has 4 rings (SSSR count). The lowest BCUT2D eigenvalue weighted by atomic mass is 9.90. The van der Waals surface area contributed by atoms with E-state index in [1.807, 2.05) is 12.1 Å². The molecule has 1 aromatic carbocycles. The minimum atomic E-state index is -4.26. The summed E-state index contributed by atoms with van der Waals surface area (Å²) in [6.45, 7) is 7.00. The molecule has 3 heterocycles. The van der Waals surface area contributed by atoms with Gasteiger partial charge in [0.15, 0.2) is 0 Å². The average Bonchev–Trinajstić information content (AvgIpc) is 3.17. The van der Waals surface area contributed by atoms with Gasteiger partial charge in [-0.25, -0.2) is 0 Å². The van der Waals surface area contributed by atoms with Gasteiger partial charge in [0.25, 0.3) is 0 Å². The van der Waals surface area contributed by atoms with Gasteiger partial charge in [-0.3, -0.25) is 4.90 Å². The van der Waals surface area contributed by atoms with Crippen LogP contribution >= 0.6 is 11.3 Å². The summed E-state index contributed by atoms with van der Waals surface area (Å²) in [7, 11) is 0. The quantitative estimate of drug-likeness (QED) is 0.641. The number of hydrogen-bond acceptors (Lipinski definition) is 3. The molecule has 0 amide bonds. The number of nitrogens with zero attached hydrogens (tertiary/aromatic N) is 2. The monoisotopic (exact) mass is 408 g/mol. The third kappa shape index (κ3) is 4.29. The maximum absolute atomic E-state index is 12.8. The minimum absolute atomic E-state index is 0.536. The summed E-state index contributed by atoms with van der Waals surface area (Å²) in [4.78, 5) is 5.34. The van der Waals surface area contributed by atoms with Crippen LogP contribution in [-0.2, 0) is 12.6 Å². The van der Waals surface area contributed by atoms with Crippen LogP contribution in [0.25, 0.3) is 10.4 Å². The molecule has 152 valence electrons. The third-order valence-corrected chi connectivity index (χ3v) is 7.44. The lowest BCUT2D eigenvalue weighted by Gasteiger charge is -2.49. The summed E-state index contributed by atoms with van der Waals surface area (Å²) in [6.07, 6.45) is 0.554. The predicted molar refractivity (Wildman–Crippen MR) is 109 cm³/mol. The highest BCUT2D eigenvalue weighted by molar-refractivity contribution is 7.15. The van der Waals surface area contributed by atoms with Crippen molar-refractivity contribution >= 4 is 11.3 Å². The summed E-state index contributed by atoms with van der Waals surface area (Å²) in [6, 6.07) is 12.2. The van der Waals surface area contributed by atoms with E-state index in [1.165, 1.54) is 50.5 Å². The van der Waals surface area contributed by atoms with E-state index in [0.29, 0.717) is 17.0 Å². The second-order valence-electron chi connectivity index (χ2n) is 7.91. The first-order valence-electron chi connectivity index (χ1n) is 10.2. The molecule has 6 heteroatoms. The number of benzene rings is 1. The van der Waals surface area contributed by atoms with E-state index in [-0.39, 0.29) is 0 Å². The van der Waals surface area contributed by atoms with Crippen molar-refractivity contribution in [1.29, 1.82) is 0 Å². The molecule has 28 heavy (non-hydrogen) atoms. The largest absolute Gasteiger partial charge is 0.425 e. The molecule has 0 bridgehead atoms. The topological polar surface area (TPSA) is 6.48 Å². The zero-order valence-corrected chi connectivity index (χ0v) is 17.0. The molecule has 2 fully saturated rings. The number of likely N-dealkylation sites (tertiary alicyclic amines) is 2. The highest BCUT2D eigenvalue weighted by Gasteiger charge is 2.35. The van der Waals surface area contributed by atoms with Gasteiger partial charge in [-0.15, -0.1) is 11.3 Å². The van der Waals surface area contributed by atoms with Crippen LogP contribution in [0.4, 0.5) is 13.2 Å². The van der Waals surface area contributed by atoms with Crippen molar-refractivity contribution in [2.45, 2.75) is 50.9 Å². The van der Waals surface area contributed by atoms with E-state index < -0.39 is 11.1 Å². The standard InChI is InChI=1S/C22H27F3N2S/c1-2-26-12-9-18(10-13-26)27-14-11-19(27)15-16-3-5-17(6-4-16)20-7-8-21(28-20)22(23,24)25/h3-8,18-19H,2,9-15H2,1H3. The van der Waals surface area contributed by atoms with Gasteiger partial charge in [-0.2, -0.15) is 13.2 Å². The third-order valence-electron chi connectivity index (χ3n) is 6.26. The average molecular weight is 409 g/mol. The van der Waals surface area contributed by atoms with Gasteiger partial charge in [0.05, 0.1) is 0 Å². The summed E-state index contributed by atoms with van der Waals surface area (Å²) >= 11 is 0.812. The molecule has 2 aliphatic rings. The van der Waals surface area contributed by atoms with E-state index in [0.717, 1.165) is 29.9 Å². The van der Waals surface area contributed by atoms with E-state index in [9.17, 15) is 13.2 Å². The van der Waals surface area contributed by atoms with Gasteiger partial charge in [0, 0.05) is 23.5 Å². The second kappa shape index (κ2) is 8.17. The molecule has 0 aliphatic carbocycles. The first-order chi connectivity index (χ1) is 13.4. The van der Waals surface area contributed by atoms with Gasteiger partial charge in [-0.05, 0) is 68.6 Å². The Balaban J connectivity index is 1.35. The van der Waals surface area contributed by atoms with Crippen LogP contribution in [-0.4, -0.2) is 48.1 Å². The normalized spacial score (nSPS) is 22.4. The molecule has 2 aromatic rings. The van der Waals surface area contributed by atoms with E-state index >= 15 is 0 Å². The SMILES string of the molecule is CCN1CCC(N2CCC2Cc2ccc(-c3ccc(C(F)(F)F)s3)cc2)CC1. The molecule has 0 radical (unpaired) electrons. The summed E-state index contributed by atoms with van der Waals surface area (Å²) < 4.78 is 38.4. The zero-order valence-electron chi connectivity index (χ0n) is 16.2. The van der Waals surface area contributed by atoms with Crippen LogP contribution < -0.4 is 0 Å². The molecule has 2 saturated heterocycles. The first kappa shape index (κ1) is 19.9. The fourth-order valence-electron chi connectivity index (χ4n) is 4.45. The van der Waals surface area contributed by atoms with Gasteiger partial charge < -0.3 is 4.90 Å². The summed E-state index contributed by atoms with van der Waals surface area (Å²) in [5.74, 6) is 0. The molecule has 2 aliphatic heterocycles. The summed E-state index contributed by atoms with van der Waals surface area (Å²) in [5.41, 5.74) is 2.14. The van der Waals surface area contributed by atoms with Gasteiger partial charge in [0.1, 0.15) is 4.88 Å². The molecule has 1 unspecified atom stereocenters. The molecule has 0 saturated carbocycles. The molecule has 0 spiro atoms. The van der Waals surface area contributed by atoms with E-state index in [4.69, 9.17) is 0 Å². The van der Waals surface area contributed by atoms with Crippen LogP contribution in [0.3, 0.4) is 0 Å². The Morgan fingerprint density at radius 1 is 0.964 bits per heavy atom. The Labute approximate surface area is 169 Å². The van der Waals surface area contributed by atoms with Crippen LogP contribution in [0.5, 0.6) is 0 Å². The van der Waals surface area contributed by atoms with Crippen molar-refractivity contribution < 1.29 is 13.2 Å². The second-order valence-corrected chi connectivity index (χ2v) is 8.99. The minimum Gasteiger partial charge on any atom is -0.303 e. The number of piperidine rings is 1. The van der Waals surface area contributed by atoms with Crippen LogP contribution in [0.2, 0.25) is 0 Å². The maximum atomic E-state index is 12.8. The number of rotatable bonds is 5. The predicted octanol–water partition coefficient (Wildman–Crippen LogP) is 5.54. The van der Waals surface area contributed by atoms with Crippen LogP contribution in [0.1, 0.15) is 36.6 Å². The molecule has 1 aromatic heterocycles. The zero-order chi connectivity index (χ0) is 19.7. The first-order valence-corrected chi connectivity index (χ1v) is 11.0. The van der Waals surface area contributed by atoms with Crippen LogP contribution in [0, 0.1) is 0 Å². The fourth-order valence-corrected chi connectivity index (χ4v) is 5.33. The van der Waals surface area contributed by atoms with Crippen molar-refractivity contribution in [3.05, 3.63) is 46.8 Å². The van der Waals surface area contributed by atoms with Crippen molar-refractivity contribution in [2.24, 2.45) is 0 Å². The molecule has 2 nitrogen and oxygen atoms in total. The van der Waals surface area contributed by atoms with Crippen molar-refractivity contribution in [3.63, 3.8) is 0 Å². The van der Waals surface area contributed by atoms with Gasteiger partial charge in [-0.1, -0.05) is 31.2 Å². The Hall–Kier alpha value is -1.37. The van der Waals surface area contributed by atoms with Crippen molar-refractivity contribution in [2.75, 3.05) is 26.2 Å². The molecule has 0 N–H and O–H groups in total. The fraction of sp³-hybridized carbons (Fsp3) is 0.545. The van der Waals surface area contributed by atoms with Crippen LogP contribution in [0.15, 0.2) is 36.4 Å². The van der Waals surface area contributed by atoms with E-state index in [2.05, 4.69) is 28.9 Å². The Morgan fingerprint density at radius 2 is 1.68 bits per heavy atom. The highest BCUT2D eigenvalue weighted by atomic mass is 32.1. The number of thiophene rings is 1. The van der Waals surface area contributed by atoms with Crippen molar-refractivity contribution in [3.8, 4) is 10.4 Å². The molecular weight excluding hydrogens is 381 g/mol. The van der Waals surface area contributed by atoms with Gasteiger partial charge in [0.2, 0.25) is 0 Å². The van der Waals surface area contributed by atoms with E-state index in [1.54, 1.807) is 6.07 Å².